The Kier molecular flexibility index (Phi) is 8.63. The Morgan fingerprint density at radius 3 is 2.43 bits per heavy atom. The molecule has 2 N–H and O–H groups in total. The Balaban J connectivity index is 1.47. The molecular formula is C23H39N5O2. The molecule has 2 aliphatic heterocycles. The smallest absolute Gasteiger partial charge is 0.191 e. The summed E-state index contributed by atoms with van der Waals surface area (Å²) in [5.41, 5.74) is 1.21. The van der Waals surface area contributed by atoms with Crippen molar-refractivity contribution < 1.29 is 9.47 Å². The second-order valence-corrected chi connectivity index (χ2v) is 8.34. The van der Waals surface area contributed by atoms with Gasteiger partial charge in [-0.25, -0.2) is 0 Å². The molecule has 0 aliphatic carbocycles. The van der Waals surface area contributed by atoms with Gasteiger partial charge in [-0.05, 0) is 56.5 Å². The van der Waals surface area contributed by atoms with Crippen molar-refractivity contribution >= 4 is 5.96 Å². The minimum Gasteiger partial charge on any atom is -0.497 e. The minimum atomic E-state index is 0.413. The van der Waals surface area contributed by atoms with Crippen molar-refractivity contribution in [2.45, 2.75) is 51.2 Å². The summed E-state index contributed by atoms with van der Waals surface area (Å²) in [4.78, 5) is 9.54. The first-order valence-corrected chi connectivity index (χ1v) is 11.3. The van der Waals surface area contributed by atoms with Crippen LogP contribution in [0.4, 0.5) is 0 Å². The fourth-order valence-electron chi connectivity index (χ4n) is 4.55. The predicted octanol–water partition coefficient (Wildman–Crippen LogP) is 2.32. The Bertz CT molecular complexity index is 668. The van der Waals surface area contributed by atoms with Crippen molar-refractivity contribution in [2.75, 3.05) is 54.0 Å². The summed E-state index contributed by atoms with van der Waals surface area (Å²) < 4.78 is 10.8. The molecule has 2 saturated heterocycles. The molecule has 7 nitrogen and oxygen atoms in total. The third-order valence-electron chi connectivity index (χ3n) is 6.29. The summed E-state index contributed by atoms with van der Waals surface area (Å²) in [7, 11) is 5.25. The highest BCUT2D eigenvalue weighted by molar-refractivity contribution is 5.80. The van der Waals surface area contributed by atoms with Gasteiger partial charge in [0.15, 0.2) is 5.96 Å². The number of nitrogens with zero attached hydrogens (tertiary/aromatic N) is 3. The molecule has 2 aliphatic rings. The fourth-order valence-corrected chi connectivity index (χ4v) is 4.55. The molecule has 2 unspecified atom stereocenters. The Labute approximate surface area is 181 Å². The summed E-state index contributed by atoms with van der Waals surface area (Å²) in [6, 6.07) is 7.10. The molecule has 0 saturated carbocycles. The lowest BCUT2D eigenvalue weighted by atomic mass is 10.2. The van der Waals surface area contributed by atoms with E-state index in [1.165, 1.54) is 37.9 Å². The summed E-state index contributed by atoms with van der Waals surface area (Å²) in [5.74, 6) is 2.60. The standard InChI is InChI=1S/C23H39N5O2/c1-5-20(28-9-6-7-10-28)15-25-23(24-2)26-19-8-11-27(17-19)16-18-12-21(29-3)14-22(13-18)30-4/h12-14,19-20H,5-11,15-17H2,1-4H3,(H2,24,25,26). The summed E-state index contributed by atoms with van der Waals surface area (Å²) >= 11 is 0. The van der Waals surface area contributed by atoms with Gasteiger partial charge < -0.3 is 20.1 Å². The van der Waals surface area contributed by atoms with Crippen LogP contribution >= 0.6 is 0 Å². The maximum Gasteiger partial charge on any atom is 0.191 e. The van der Waals surface area contributed by atoms with Crippen molar-refractivity contribution in [3.8, 4) is 11.5 Å². The van der Waals surface area contributed by atoms with Crippen LogP contribution in [0.2, 0.25) is 0 Å². The first-order valence-electron chi connectivity index (χ1n) is 11.3. The molecule has 0 radical (unpaired) electrons. The summed E-state index contributed by atoms with van der Waals surface area (Å²) in [6.07, 6.45) is 4.96. The molecule has 168 valence electrons. The minimum absolute atomic E-state index is 0.413. The van der Waals surface area contributed by atoms with Crippen LogP contribution in [0.5, 0.6) is 11.5 Å². The van der Waals surface area contributed by atoms with E-state index in [0.717, 1.165) is 50.1 Å². The number of aliphatic imine (C=N–C) groups is 1. The zero-order valence-corrected chi connectivity index (χ0v) is 19.1. The molecule has 2 heterocycles. The number of ether oxygens (including phenoxy) is 2. The maximum absolute atomic E-state index is 5.40. The second-order valence-electron chi connectivity index (χ2n) is 8.34. The fraction of sp³-hybridized carbons (Fsp3) is 0.696. The first-order chi connectivity index (χ1) is 14.6. The normalized spacial score (nSPS) is 21.6. The average molecular weight is 418 g/mol. The van der Waals surface area contributed by atoms with E-state index in [2.05, 4.69) is 44.5 Å². The Morgan fingerprint density at radius 1 is 1.13 bits per heavy atom. The lowest BCUT2D eigenvalue weighted by Gasteiger charge is -2.28. The van der Waals surface area contributed by atoms with Gasteiger partial charge in [-0.2, -0.15) is 0 Å². The van der Waals surface area contributed by atoms with E-state index in [1.54, 1.807) is 14.2 Å². The van der Waals surface area contributed by atoms with Crippen molar-refractivity contribution in [1.82, 2.24) is 20.4 Å². The van der Waals surface area contributed by atoms with Crippen LogP contribution in [0.15, 0.2) is 23.2 Å². The number of methoxy groups -OCH3 is 2. The lowest BCUT2D eigenvalue weighted by molar-refractivity contribution is 0.236. The molecule has 0 spiro atoms. The highest BCUT2D eigenvalue weighted by Crippen LogP contribution is 2.24. The van der Waals surface area contributed by atoms with Gasteiger partial charge in [-0.1, -0.05) is 6.92 Å². The van der Waals surface area contributed by atoms with Gasteiger partial charge in [0, 0.05) is 51.4 Å². The van der Waals surface area contributed by atoms with Gasteiger partial charge >= 0.3 is 0 Å². The van der Waals surface area contributed by atoms with E-state index in [1.807, 2.05) is 13.1 Å². The summed E-state index contributed by atoms with van der Waals surface area (Å²) in [6.45, 7) is 8.67. The van der Waals surface area contributed by atoms with E-state index >= 15 is 0 Å². The van der Waals surface area contributed by atoms with Crippen LogP contribution in [0, 0.1) is 0 Å². The maximum atomic E-state index is 5.40. The molecule has 2 fully saturated rings. The van der Waals surface area contributed by atoms with E-state index in [9.17, 15) is 0 Å². The van der Waals surface area contributed by atoms with Crippen LogP contribution in [0.25, 0.3) is 0 Å². The lowest BCUT2D eigenvalue weighted by Crippen LogP contribution is -2.49. The highest BCUT2D eigenvalue weighted by atomic mass is 16.5. The van der Waals surface area contributed by atoms with Gasteiger partial charge in [0.1, 0.15) is 11.5 Å². The zero-order valence-electron chi connectivity index (χ0n) is 19.1. The molecule has 0 amide bonds. The van der Waals surface area contributed by atoms with Gasteiger partial charge in [-0.15, -0.1) is 0 Å². The van der Waals surface area contributed by atoms with Gasteiger partial charge in [0.05, 0.1) is 14.2 Å². The predicted molar refractivity (Wildman–Crippen MR) is 123 cm³/mol. The summed E-state index contributed by atoms with van der Waals surface area (Å²) in [5, 5.41) is 7.19. The third kappa shape index (κ3) is 6.25. The number of likely N-dealkylation sites (tertiary alicyclic amines) is 2. The van der Waals surface area contributed by atoms with Crippen LogP contribution in [0.1, 0.15) is 38.2 Å². The molecule has 1 aromatic carbocycles. The van der Waals surface area contributed by atoms with Crippen LogP contribution in [-0.4, -0.2) is 81.8 Å². The third-order valence-corrected chi connectivity index (χ3v) is 6.29. The molecule has 1 aromatic rings. The van der Waals surface area contributed by atoms with Crippen molar-refractivity contribution in [1.29, 1.82) is 0 Å². The Morgan fingerprint density at radius 2 is 1.83 bits per heavy atom. The topological polar surface area (TPSA) is 61.4 Å². The van der Waals surface area contributed by atoms with Crippen molar-refractivity contribution in [3.63, 3.8) is 0 Å². The largest absolute Gasteiger partial charge is 0.497 e. The second kappa shape index (κ2) is 11.4. The van der Waals surface area contributed by atoms with E-state index in [-0.39, 0.29) is 0 Å². The Hall–Kier alpha value is -1.99. The monoisotopic (exact) mass is 417 g/mol. The molecule has 2 atom stereocenters. The number of hydrogen-bond acceptors (Lipinski definition) is 5. The van der Waals surface area contributed by atoms with E-state index in [0.29, 0.717) is 12.1 Å². The zero-order chi connectivity index (χ0) is 21.3. The molecule has 0 aromatic heterocycles. The highest BCUT2D eigenvalue weighted by Gasteiger charge is 2.25. The van der Waals surface area contributed by atoms with Crippen molar-refractivity contribution in [3.05, 3.63) is 23.8 Å². The van der Waals surface area contributed by atoms with Crippen molar-refractivity contribution in [2.24, 2.45) is 4.99 Å². The molecule has 7 heteroatoms. The van der Waals surface area contributed by atoms with E-state index < -0.39 is 0 Å². The van der Waals surface area contributed by atoms with Gasteiger partial charge in [0.25, 0.3) is 0 Å². The first kappa shape index (κ1) is 22.7. The molecule has 3 rings (SSSR count). The van der Waals surface area contributed by atoms with E-state index in [4.69, 9.17) is 9.47 Å². The molecule has 0 bridgehead atoms. The molecular weight excluding hydrogens is 378 g/mol. The number of guanidine groups is 1. The van der Waals surface area contributed by atoms with Crippen LogP contribution < -0.4 is 20.1 Å². The number of rotatable bonds is 9. The molecule has 30 heavy (non-hydrogen) atoms. The van der Waals surface area contributed by atoms with Gasteiger partial charge in [0.2, 0.25) is 0 Å². The quantitative estimate of drug-likeness (QED) is 0.475. The van der Waals surface area contributed by atoms with Crippen LogP contribution in [-0.2, 0) is 6.54 Å². The SMILES string of the molecule is CCC(CNC(=NC)NC1CCN(Cc2cc(OC)cc(OC)c2)C1)N1CCCC1. The number of hydrogen-bond donors (Lipinski definition) is 2. The van der Waals surface area contributed by atoms with Crippen LogP contribution in [0.3, 0.4) is 0 Å². The number of nitrogens with one attached hydrogen (secondary N) is 2. The number of benzene rings is 1. The van der Waals surface area contributed by atoms with Gasteiger partial charge in [-0.3, -0.25) is 14.8 Å². The average Bonchev–Trinajstić information content (AvgIpc) is 3.45.